The van der Waals surface area contributed by atoms with Gasteiger partial charge in [-0.2, -0.15) is 0 Å². The molecule has 0 aromatic rings. The van der Waals surface area contributed by atoms with Crippen LogP contribution >= 0.6 is 11.6 Å². The van der Waals surface area contributed by atoms with Crippen LogP contribution in [0.15, 0.2) is 0 Å². The van der Waals surface area contributed by atoms with Crippen LogP contribution in [0.1, 0.15) is 13.3 Å². The van der Waals surface area contributed by atoms with E-state index in [0.29, 0.717) is 0 Å². The summed E-state index contributed by atoms with van der Waals surface area (Å²) in [5.41, 5.74) is 0. The summed E-state index contributed by atoms with van der Waals surface area (Å²) in [6.07, 6.45) is 0.851. The van der Waals surface area contributed by atoms with Crippen molar-refractivity contribution in [3.8, 4) is 11.3 Å². The van der Waals surface area contributed by atoms with Gasteiger partial charge in [0.15, 0.2) is 0 Å². The van der Waals surface area contributed by atoms with Gasteiger partial charge in [0, 0.05) is 11.8 Å². The molecular formula is C4H5Cl. The molecule has 0 atom stereocenters. The molecule has 0 fully saturated rings. The maximum Gasteiger partial charge on any atom is 0.00728 e. The van der Waals surface area contributed by atoms with Gasteiger partial charge in [0.2, 0.25) is 0 Å². The molecule has 0 saturated carbocycles. The molecule has 0 bridgehead atoms. The van der Waals surface area contributed by atoms with Gasteiger partial charge in [-0.25, -0.2) is 0 Å². The third-order valence-electron chi connectivity index (χ3n) is 0.244. The number of hydrogen-bond donors (Lipinski definition) is 0. The summed E-state index contributed by atoms with van der Waals surface area (Å²) < 4.78 is 0. The van der Waals surface area contributed by atoms with Crippen molar-refractivity contribution in [2.75, 3.05) is 0 Å². The van der Waals surface area contributed by atoms with E-state index in [9.17, 15) is 0 Å². The molecule has 0 spiro atoms. The molecule has 0 rings (SSSR count). The van der Waals surface area contributed by atoms with E-state index < -0.39 is 0 Å². The van der Waals surface area contributed by atoms with E-state index in [4.69, 9.17) is 11.6 Å². The minimum atomic E-state index is 0.851. The molecule has 0 N–H and O–H groups in total. The summed E-state index contributed by atoms with van der Waals surface area (Å²) >= 11 is 4.94. The first-order chi connectivity index (χ1) is 2.41. The molecule has 5 heavy (non-hydrogen) atoms. The number of rotatable bonds is 0. The normalized spacial score (nSPS) is 5.20. The molecule has 28 valence electrons. The third-order valence-corrected chi connectivity index (χ3v) is 0.377. The molecule has 0 aromatic heterocycles. The van der Waals surface area contributed by atoms with Crippen LogP contribution in [0, 0.1) is 11.3 Å². The molecule has 0 radical (unpaired) electrons. The largest absolute Gasteiger partial charge is 0.0862 e. The Bertz CT molecular complexity index is 55.8. The first-order valence-corrected chi connectivity index (χ1v) is 1.88. The average Bonchev–Trinajstić information content (AvgIpc) is 1.41. The van der Waals surface area contributed by atoms with Crippen molar-refractivity contribution in [1.29, 1.82) is 0 Å². The van der Waals surface area contributed by atoms with Gasteiger partial charge in [-0.3, -0.25) is 0 Å². The van der Waals surface area contributed by atoms with E-state index in [0.717, 1.165) is 6.42 Å². The van der Waals surface area contributed by atoms with Crippen LogP contribution in [0.4, 0.5) is 0 Å². The molecule has 0 heterocycles. The van der Waals surface area contributed by atoms with E-state index in [1.54, 1.807) is 0 Å². The highest BCUT2D eigenvalue weighted by atomic mass is 35.5. The minimum Gasteiger partial charge on any atom is -0.0862 e. The highest BCUT2D eigenvalue weighted by molar-refractivity contribution is 6.30. The summed E-state index contributed by atoms with van der Waals surface area (Å²) in [6, 6.07) is 0. The van der Waals surface area contributed by atoms with Crippen LogP contribution in [0.25, 0.3) is 0 Å². The zero-order valence-electron chi connectivity index (χ0n) is 3.09. The SMILES string of the molecule is CCC#CCl. The Morgan fingerprint density at radius 1 is 1.80 bits per heavy atom. The van der Waals surface area contributed by atoms with Crippen LogP contribution in [-0.4, -0.2) is 0 Å². The Kier molecular flexibility index (Phi) is 3.73. The second kappa shape index (κ2) is 3.85. The van der Waals surface area contributed by atoms with Crippen molar-refractivity contribution in [2.24, 2.45) is 0 Å². The zero-order valence-corrected chi connectivity index (χ0v) is 3.84. The smallest absolute Gasteiger partial charge is 0.00728 e. The Hall–Kier alpha value is -0.150. The summed E-state index contributed by atoms with van der Waals surface area (Å²) in [7, 11) is 0. The van der Waals surface area contributed by atoms with Gasteiger partial charge in [-0.1, -0.05) is 12.8 Å². The molecule has 0 aromatic carbocycles. The van der Waals surface area contributed by atoms with Crippen LogP contribution < -0.4 is 0 Å². The summed E-state index contributed by atoms with van der Waals surface area (Å²) in [5.74, 6) is 2.63. The van der Waals surface area contributed by atoms with Crippen LogP contribution in [0.3, 0.4) is 0 Å². The van der Waals surface area contributed by atoms with Crippen LogP contribution in [0.5, 0.6) is 0 Å². The lowest BCUT2D eigenvalue weighted by Crippen LogP contribution is -1.42. The van der Waals surface area contributed by atoms with E-state index in [1.165, 1.54) is 0 Å². The Morgan fingerprint density at radius 3 is 2.40 bits per heavy atom. The van der Waals surface area contributed by atoms with Crippen LogP contribution in [0.2, 0.25) is 0 Å². The van der Waals surface area contributed by atoms with Crippen molar-refractivity contribution >= 4 is 11.6 Å². The molecule has 0 nitrogen and oxygen atoms in total. The Labute approximate surface area is 37.1 Å². The standard InChI is InChI=1S/C4H5Cl/c1-2-3-4-5/h2H2,1H3. The first-order valence-electron chi connectivity index (χ1n) is 1.50. The van der Waals surface area contributed by atoms with Gasteiger partial charge in [-0.15, -0.1) is 0 Å². The molecule has 0 unspecified atom stereocenters. The maximum absolute atomic E-state index is 4.94. The van der Waals surface area contributed by atoms with Gasteiger partial charge >= 0.3 is 0 Å². The second-order valence-corrected chi connectivity index (χ2v) is 0.814. The maximum atomic E-state index is 4.94. The Morgan fingerprint density at radius 2 is 2.40 bits per heavy atom. The monoisotopic (exact) mass is 88.0 g/mol. The quantitative estimate of drug-likeness (QED) is 0.395. The fraction of sp³-hybridized carbons (Fsp3) is 0.500. The predicted octanol–water partition coefficient (Wildman–Crippen LogP) is 1.60. The fourth-order valence-electron chi connectivity index (χ4n) is 0.0668. The van der Waals surface area contributed by atoms with Crippen LogP contribution in [-0.2, 0) is 0 Å². The van der Waals surface area contributed by atoms with Gasteiger partial charge in [0.25, 0.3) is 0 Å². The first kappa shape index (κ1) is 4.85. The van der Waals surface area contributed by atoms with Gasteiger partial charge < -0.3 is 0 Å². The topological polar surface area (TPSA) is 0 Å². The van der Waals surface area contributed by atoms with E-state index in [2.05, 4.69) is 11.3 Å². The Balaban J connectivity index is 2.81. The highest BCUT2D eigenvalue weighted by Crippen LogP contribution is 1.67. The minimum absolute atomic E-state index is 0.851. The lowest BCUT2D eigenvalue weighted by atomic mass is 10.5. The lowest BCUT2D eigenvalue weighted by Gasteiger charge is -1.56. The van der Waals surface area contributed by atoms with E-state index >= 15 is 0 Å². The van der Waals surface area contributed by atoms with Gasteiger partial charge in [0.05, 0.1) is 0 Å². The molecule has 0 aliphatic carbocycles. The summed E-state index contributed by atoms with van der Waals surface area (Å²) in [4.78, 5) is 0. The molecule has 0 aliphatic heterocycles. The van der Waals surface area contributed by atoms with Crippen molar-refractivity contribution in [1.82, 2.24) is 0 Å². The molecule has 0 amide bonds. The summed E-state index contributed by atoms with van der Waals surface area (Å²) in [6.45, 7) is 1.95. The number of halogens is 1. The number of hydrogen-bond acceptors (Lipinski definition) is 0. The summed E-state index contributed by atoms with van der Waals surface area (Å²) in [5, 5.41) is 2.24. The zero-order chi connectivity index (χ0) is 4.12. The second-order valence-electron chi connectivity index (χ2n) is 0.625. The molecular weight excluding hydrogens is 83.5 g/mol. The molecule has 0 aliphatic rings. The fourth-order valence-corrected chi connectivity index (χ4v) is 0.200. The highest BCUT2D eigenvalue weighted by Gasteiger charge is 1.50. The van der Waals surface area contributed by atoms with Gasteiger partial charge in [-0.05, 0) is 11.6 Å². The van der Waals surface area contributed by atoms with E-state index in [-0.39, 0.29) is 0 Å². The van der Waals surface area contributed by atoms with Crippen molar-refractivity contribution in [3.63, 3.8) is 0 Å². The molecule has 0 saturated heterocycles. The molecule has 1 heteroatoms. The van der Waals surface area contributed by atoms with E-state index in [1.807, 2.05) is 6.92 Å². The van der Waals surface area contributed by atoms with Gasteiger partial charge in [0.1, 0.15) is 0 Å². The average molecular weight is 88.5 g/mol. The third kappa shape index (κ3) is 3.85. The van der Waals surface area contributed by atoms with Crippen molar-refractivity contribution in [2.45, 2.75) is 13.3 Å². The van der Waals surface area contributed by atoms with Crippen molar-refractivity contribution < 1.29 is 0 Å². The lowest BCUT2D eigenvalue weighted by molar-refractivity contribution is 1.28. The van der Waals surface area contributed by atoms with Crippen molar-refractivity contribution in [3.05, 3.63) is 0 Å². The predicted molar refractivity (Wildman–Crippen MR) is 23.9 cm³/mol.